The number of carbonyl (C=O) groups excluding carboxylic acids is 1. The van der Waals surface area contributed by atoms with E-state index in [2.05, 4.69) is 10.4 Å². The van der Waals surface area contributed by atoms with E-state index in [9.17, 15) is 4.79 Å². The van der Waals surface area contributed by atoms with Gasteiger partial charge in [0.25, 0.3) is 5.91 Å². The Bertz CT molecular complexity index is 778. The summed E-state index contributed by atoms with van der Waals surface area (Å²) in [7, 11) is 1.98. The SMILES string of the molecule is CNCC1CCN(C(=O)c2c(C)nn(Cc3ccccc3Cl)c2C)CC1. The Morgan fingerprint density at radius 2 is 1.96 bits per heavy atom. The number of nitrogens with zero attached hydrogens (tertiary/aromatic N) is 3. The van der Waals surface area contributed by atoms with Crippen LogP contribution in [0.4, 0.5) is 0 Å². The van der Waals surface area contributed by atoms with Crippen LogP contribution in [0.3, 0.4) is 0 Å². The summed E-state index contributed by atoms with van der Waals surface area (Å²) >= 11 is 6.28. The quantitative estimate of drug-likeness (QED) is 0.873. The van der Waals surface area contributed by atoms with E-state index in [-0.39, 0.29) is 5.91 Å². The number of rotatable bonds is 5. The van der Waals surface area contributed by atoms with Gasteiger partial charge in [-0.2, -0.15) is 5.10 Å². The smallest absolute Gasteiger partial charge is 0.257 e. The fraction of sp³-hybridized carbons (Fsp3) is 0.500. The summed E-state index contributed by atoms with van der Waals surface area (Å²) in [6, 6.07) is 7.75. The molecule has 1 N–H and O–H groups in total. The Kier molecular flexibility index (Phi) is 5.99. The maximum Gasteiger partial charge on any atom is 0.257 e. The van der Waals surface area contributed by atoms with Gasteiger partial charge in [0.2, 0.25) is 0 Å². The summed E-state index contributed by atoms with van der Waals surface area (Å²) in [5, 5.41) is 8.56. The van der Waals surface area contributed by atoms with Crippen molar-refractivity contribution in [2.75, 3.05) is 26.7 Å². The molecule has 1 aromatic carbocycles. The third-order valence-corrected chi connectivity index (χ3v) is 5.64. The first-order valence-electron chi connectivity index (χ1n) is 9.22. The fourth-order valence-electron chi connectivity index (χ4n) is 3.74. The zero-order valence-electron chi connectivity index (χ0n) is 15.8. The molecule has 2 heterocycles. The summed E-state index contributed by atoms with van der Waals surface area (Å²) < 4.78 is 1.89. The second-order valence-electron chi connectivity index (χ2n) is 7.09. The standard InChI is InChI=1S/C20H27ClN4O/c1-14-19(20(26)24-10-8-16(9-11-24)12-22-3)15(2)25(23-14)13-17-6-4-5-7-18(17)21/h4-7,16,22H,8-13H2,1-3H3. The van der Waals surface area contributed by atoms with Crippen molar-refractivity contribution in [3.63, 3.8) is 0 Å². The van der Waals surface area contributed by atoms with E-state index < -0.39 is 0 Å². The predicted octanol–water partition coefficient (Wildman–Crippen LogP) is 3.27. The monoisotopic (exact) mass is 374 g/mol. The van der Waals surface area contributed by atoms with Crippen LogP contribution < -0.4 is 5.32 Å². The molecule has 5 nitrogen and oxygen atoms in total. The van der Waals surface area contributed by atoms with Crippen LogP contribution in [-0.4, -0.2) is 47.3 Å². The van der Waals surface area contributed by atoms with Gasteiger partial charge in [0.1, 0.15) is 0 Å². The molecule has 1 amide bonds. The highest BCUT2D eigenvalue weighted by molar-refractivity contribution is 6.31. The van der Waals surface area contributed by atoms with Crippen LogP contribution in [0, 0.1) is 19.8 Å². The first kappa shape index (κ1) is 18.9. The van der Waals surface area contributed by atoms with Crippen molar-refractivity contribution >= 4 is 17.5 Å². The largest absolute Gasteiger partial charge is 0.339 e. The second kappa shape index (κ2) is 8.23. The molecule has 0 unspecified atom stereocenters. The van der Waals surface area contributed by atoms with E-state index in [0.29, 0.717) is 12.5 Å². The van der Waals surface area contributed by atoms with Gasteiger partial charge in [0.05, 0.1) is 17.8 Å². The maximum atomic E-state index is 13.1. The third-order valence-electron chi connectivity index (χ3n) is 5.27. The molecule has 1 saturated heterocycles. The van der Waals surface area contributed by atoms with Gasteiger partial charge in [-0.1, -0.05) is 29.8 Å². The van der Waals surface area contributed by atoms with Gasteiger partial charge in [-0.15, -0.1) is 0 Å². The number of halogens is 1. The third kappa shape index (κ3) is 3.94. The zero-order valence-corrected chi connectivity index (χ0v) is 16.5. The minimum atomic E-state index is 0.105. The molecule has 3 rings (SSSR count). The molecule has 6 heteroatoms. The summed E-state index contributed by atoms with van der Waals surface area (Å²) in [6.07, 6.45) is 2.11. The Labute approximate surface area is 160 Å². The molecule has 0 spiro atoms. The summed E-state index contributed by atoms with van der Waals surface area (Å²) in [5.41, 5.74) is 3.44. The molecule has 0 aliphatic carbocycles. The molecule has 1 aliphatic rings. The number of piperidine rings is 1. The highest BCUT2D eigenvalue weighted by atomic mass is 35.5. The number of likely N-dealkylation sites (tertiary alicyclic amines) is 1. The lowest BCUT2D eigenvalue weighted by Crippen LogP contribution is -2.40. The normalized spacial score (nSPS) is 15.5. The van der Waals surface area contributed by atoms with E-state index in [0.717, 1.165) is 60.0 Å². The number of aryl methyl sites for hydroxylation is 1. The Hall–Kier alpha value is -1.85. The highest BCUT2D eigenvalue weighted by Gasteiger charge is 2.27. The molecule has 2 aromatic rings. The van der Waals surface area contributed by atoms with Crippen molar-refractivity contribution in [3.05, 3.63) is 51.8 Å². The molecule has 140 valence electrons. The van der Waals surface area contributed by atoms with Crippen LogP contribution in [0.2, 0.25) is 5.02 Å². The lowest BCUT2D eigenvalue weighted by Gasteiger charge is -2.32. The van der Waals surface area contributed by atoms with Crippen molar-refractivity contribution in [2.24, 2.45) is 5.92 Å². The van der Waals surface area contributed by atoms with Crippen molar-refractivity contribution in [2.45, 2.75) is 33.2 Å². The lowest BCUT2D eigenvalue weighted by molar-refractivity contribution is 0.0689. The zero-order chi connectivity index (χ0) is 18.7. The van der Waals surface area contributed by atoms with E-state index in [4.69, 9.17) is 11.6 Å². The fourth-order valence-corrected chi connectivity index (χ4v) is 3.93. The molecule has 1 aromatic heterocycles. The molecule has 1 fully saturated rings. The van der Waals surface area contributed by atoms with Crippen molar-refractivity contribution in [3.8, 4) is 0 Å². The van der Waals surface area contributed by atoms with Crippen LogP contribution in [0.5, 0.6) is 0 Å². The van der Waals surface area contributed by atoms with Crippen LogP contribution in [-0.2, 0) is 6.54 Å². The summed E-state index contributed by atoms with van der Waals surface area (Å²) in [5.74, 6) is 0.766. The number of aromatic nitrogens is 2. The molecular weight excluding hydrogens is 348 g/mol. The lowest BCUT2D eigenvalue weighted by atomic mass is 9.96. The Balaban J connectivity index is 1.76. The van der Waals surface area contributed by atoms with E-state index in [1.165, 1.54) is 0 Å². The summed E-state index contributed by atoms with van der Waals surface area (Å²) in [6.45, 7) is 7.12. The molecule has 0 bridgehead atoms. The van der Waals surface area contributed by atoms with Crippen molar-refractivity contribution < 1.29 is 4.79 Å². The van der Waals surface area contributed by atoms with Crippen LogP contribution >= 0.6 is 11.6 Å². The van der Waals surface area contributed by atoms with Gasteiger partial charge < -0.3 is 10.2 Å². The van der Waals surface area contributed by atoms with Crippen molar-refractivity contribution in [1.29, 1.82) is 0 Å². The number of hydrogen-bond acceptors (Lipinski definition) is 3. The van der Waals surface area contributed by atoms with Gasteiger partial charge in [0.15, 0.2) is 0 Å². The highest BCUT2D eigenvalue weighted by Crippen LogP contribution is 2.23. The predicted molar refractivity (Wildman–Crippen MR) is 105 cm³/mol. The Morgan fingerprint density at radius 1 is 1.27 bits per heavy atom. The van der Waals surface area contributed by atoms with Crippen LogP contribution in [0.1, 0.15) is 40.2 Å². The number of carbonyl (C=O) groups is 1. The number of hydrogen-bond donors (Lipinski definition) is 1. The molecule has 0 radical (unpaired) electrons. The van der Waals surface area contributed by atoms with Gasteiger partial charge in [0, 0.05) is 23.8 Å². The first-order chi connectivity index (χ1) is 12.5. The van der Waals surface area contributed by atoms with Gasteiger partial charge in [-0.05, 0) is 57.8 Å². The van der Waals surface area contributed by atoms with Gasteiger partial charge >= 0.3 is 0 Å². The van der Waals surface area contributed by atoms with Gasteiger partial charge in [-0.25, -0.2) is 0 Å². The van der Waals surface area contributed by atoms with Crippen LogP contribution in [0.15, 0.2) is 24.3 Å². The average molecular weight is 375 g/mol. The number of benzene rings is 1. The van der Waals surface area contributed by atoms with E-state index in [1.807, 2.05) is 54.7 Å². The molecule has 0 saturated carbocycles. The minimum absolute atomic E-state index is 0.105. The summed E-state index contributed by atoms with van der Waals surface area (Å²) in [4.78, 5) is 15.0. The number of nitrogens with one attached hydrogen (secondary N) is 1. The van der Waals surface area contributed by atoms with E-state index in [1.54, 1.807) is 0 Å². The topological polar surface area (TPSA) is 50.2 Å². The van der Waals surface area contributed by atoms with Crippen LogP contribution in [0.25, 0.3) is 0 Å². The molecule has 0 atom stereocenters. The van der Waals surface area contributed by atoms with Gasteiger partial charge in [-0.3, -0.25) is 9.48 Å². The maximum absolute atomic E-state index is 13.1. The molecule has 1 aliphatic heterocycles. The average Bonchev–Trinajstić information content (AvgIpc) is 2.91. The minimum Gasteiger partial charge on any atom is -0.339 e. The van der Waals surface area contributed by atoms with Crippen molar-refractivity contribution in [1.82, 2.24) is 20.0 Å². The van der Waals surface area contributed by atoms with E-state index >= 15 is 0 Å². The second-order valence-corrected chi connectivity index (χ2v) is 7.50. The molecule has 26 heavy (non-hydrogen) atoms. The first-order valence-corrected chi connectivity index (χ1v) is 9.60. The molecular formula is C20H27ClN4O. The number of amides is 1. The Morgan fingerprint density at radius 3 is 2.62 bits per heavy atom.